The van der Waals surface area contributed by atoms with Crippen molar-refractivity contribution in [2.45, 2.75) is 25.7 Å². The highest BCUT2D eigenvalue weighted by Gasteiger charge is 2.36. The van der Waals surface area contributed by atoms with E-state index in [2.05, 4.69) is 5.32 Å². The second-order valence-electron chi connectivity index (χ2n) is 5.08. The summed E-state index contributed by atoms with van der Waals surface area (Å²) in [5.41, 5.74) is 5.17. The Balaban J connectivity index is 1.79. The molecule has 0 aromatic carbocycles. The molecule has 1 saturated heterocycles. The molecule has 0 aromatic heterocycles. The molecule has 3 N–H and O–H groups in total. The van der Waals surface area contributed by atoms with Gasteiger partial charge in [-0.3, -0.25) is 9.59 Å². The highest BCUT2D eigenvalue weighted by Crippen LogP contribution is 2.35. The molecule has 0 spiro atoms. The van der Waals surface area contributed by atoms with E-state index in [0.717, 1.165) is 13.1 Å². The highest BCUT2D eigenvalue weighted by atomic mass is 16.2. The summed E-state index contributed by atoms with van der Waals surface area (Å²) in [6.45, 7) is 1.79. The Morgan fingerprint density at radius 1 is 1.18 bits per heavy atom. The number of rotatable bonds is 3. The zero-order chi connectivity index (χ0) is 12.3. The number of likely N-dealkylation sites (tertiary alicyclic amines) is 1. The molecule has 2 rings (SSSR count). The van der Waals surface area contributed by atoms with Crippen molar-refractivity contribution in [2.24, 2.45) is 17.6 Å². The van der Waals surface area contributed by atoms with Crippen molar-refractivity contribution in [3.05, 3.63) is 0 Å². The molecular weight excluding hydrogens is 218 g/mol. The summed E-state index contributed by atoms with van der Waals surface area (Å²) in [5.74, 6) is 1.15. The largest absolute Gasteiger partial charge is 0.346 e. The standard InChI is InChI=1S/C12H21N3O2/c13-5-11(16)14-6-12(17)15-7-9-3-1-2-4-10(9)8-15/h9-10H,1-8,13H2,(H,14,16). The summed E-state index contributed by atoms with van der Waals surface area (Å²) >= 11 is 0. The van der Waals surface area contributed by atoms with Crippen molar-refractivity contribution in [3.63, 3.8) is 0 Å². The van der Waals surface area contributed by atoms with E-state index in [1.54, 1.807) is 0 Å². The van der Waals surface area contributed by atoms with Gasteiger partial charge in [-0.05, 0) is 24.7 Å². The maximum Gasteiger partial charge on any atom is 0.241 e. The SMILES string of the molecule is NCC(=O)NCC(=O)N1CC2CCCCC2C1. The number of fused-ring (bicyclic) bond motifs is 1. The van der Waals surface area contributed by atoms with Crippen molar-refractivity contribution in [1.82, 2.24) is 10.2 Å². The van der Waals surface area contributed by atoms with Gasteiger partial charge in [-0.25, -0.2) is 0 Å². The van der Waals surface area contributed by atoms with Gasteiger partial charge in [0.15, 0.2) is 0 Å². The van der Waals surface area contributed by atoms with Crippen LogP contribution in [0.2, 0.25) is 0 Å². The van der Waals surface area contributed by atoms with E-state index in [1.165, 1.54) is 25.7 Å². The van der Waals surface area contributed by atoms with Gasteiger partial charge in [-0.15, -0.1) is 0 Å². The van der Waals surface area contributed by atoms with E-state index in [4.69, 9.17) is 5.73 Å². The maximum atomic E-state index is 11.9. The first-order chi connectivity index (χ1) is 8.20. The van der Waals surface area contributed by atoms with Crippen LogP contribution in [-0.4, -0.2) is 42.9 Å². The van der Waals surface area contributed by atoms with E-state index in [9.17, 15) is 9.59 Å². The number of nitrogens with one attached hydrogen (secondary N) is 1. The molecule has 17 heavy (non-hydrogen) atoms. The number of carbonyl (C=O) groups excluding carboxylic acids is 2. The number of nitrogens with zero attached hydrogens (tertiary/aromatic N) is 1. The van der Waals surface area contributed by atoms with Gasteiger partial charge in [0.2, 0.25) is 11.8 Å². The summed E-state index contributed by atoms with van der Waals surface area (Å²) < 4.78 is 0. The Hall–Kier alpha value is -1.10. The van der Waals surface area contributed by atoms with Crippen LogP contribution >= 0.6 is 0 Å². The molecule has 1 aliphatic carbocycles. The van der Waals surface area contributed by atoms with Crippen LogP contribution in [0.1, 0.15) is 25.7 Å². The minimum Gasteiger partial charge on any atom is -0.346 e. The van der Waals surface area contributed by atoms with Crippen molar-refractivity contribution >= 4 is 11.8 Å². The second kappa shape index (κ2) is 5.49. The normalized spacial score (nSPS) is 27.7. The minimum atomic E-state index is -0.269. The van der Waals surface area contributed by atoms with Gasteiger partial charge in [0.1, 0.15) is 0 Å². The summed E-state index contributed by atoms with van der Waals surface area (Å²) in [6.07, 6.45) is 5.10. The molecule has 96 valence electrons. The van der Waals surface area contributed by atoms with E-state index in [0.29, 0.717) is 11.8 Å². The fraction of sp³-hybridized carbons (Fsp3) is 0.833. The Morgan fingerprint density at radius 3 is 2.29 bits per heavy atom. The molecule has 5 heteroatoms. The predicted molar refractivity (Wildman–Crippen MR) is 64.1 cm³/mol. The van der Waals surface area contributed by atoms with Crippen LogP contribution in [0.3, 0.4) is 0 Å². The molecule has 0 aromatic rings. The first-order valence-electron chi connectivity index (χ1n) is 6.45. The predicted octanol–water partition coefficient (Wildman–Crippen LogP) is -0.290. The van der Waals surface area contributed by atoms with E-state index < -0.39 is 0 Å². The van der Waals surface area contributed by atoms with Crippen molar-refractivity contribution in [3.8, 4) is 0 Å². The van der Waals surface area contributed by atoms with Gasteiger partial charge >= 0.3 is 0 Å². The third-order valence-corrected chi connectivity index (χ3v) is 3.95. The zero-order valence-corrected chi connectivity index (χ0v) is 10.2. The number of amides is 2. The molecule has 2 unspecified atom stereocenters. The molecule has 1 heterocycles. The molecule has 1 saturated carbocycles. The number of hydrogen-bond acceptors (Lipinski definition) is 3. The fourth-order valence-electron chi connectivity index (χ4n) is 2.97. The van der Waals surface area contributed by atoms with E-state index >= 15 is 0 Å². The maximum absolute atomic E-state index is 11.9. The molecule has 1 aliphatic heterocycles. The highest BCUT2D eigenvalue weighted by molar-refractivity contribution is 5.85. The molecule has 2 atom stereocenters. The van der Waals surface area contributed by atoms with Gasteiger partial charge in [0.25, 0.3) is 0 Å². The Labute approximate surface area is 102 Å². The zero-order valence-electron chi connectivity index (χ0n) is 10.2. The summed E-state index contributed by atoms with van der Waals surface area (Å²) in [4.78, 5) is 24.8. The summed E-state index contributed by atoms with van der Waals surface area (Å²) in [5, 5.41) is 2.54. The average Bonchev–Trinajstić information content (AvgIpc) is 2.79. The van der Waals surface area contributed by atoms with Crippen LogP contribution < -0.4 is 11.1 Å². The van der Waals surface area contributed by atoms with Crippen molar-refractivity contribution < 1.29 is 9.59 Å². The molecule has 2 aliphatic rings. The smallest absolute Gasteiger partial charge is 0.241 e. The van der Waals surface area contributed by atoms with Crippen LogP contribution in [0, 0.1) is 11.8 Å². The summed E-state index contributed by atoms with van der Waals surface area (Å²) in [7, 11) is 0. The molecule has 5 nitrogen and oxygen atoms in total. The van der Waals surface area contributed by atoms with E-state index in [-0.39, 0.29) is 24.9 Å². The van der Waals surface area contributed by atoms with Crippen LogP contribution in [-0.2, 0) is 9.59 Å². The van der Waals surface area contributed by atoms with Crippen LogP contribution in [0.15, 0.2) is 0 Å². The number of hydrogen-bond donors (Lipinski definition) is 2. The first kappa shape index (κ1) is 12.4. The third-order valence-electron chi connectivity index (χ3n) is 3.95. The summed E-state index contributed by atoms with van der Waals surface area (Å²) in [6, 6.07) is 0. The Bertz CT molecular complexity index is 292. The molecule has 0 bridgehead atoms. The van der Waals surface area contributed by atoms with Crippen molar-refractivity contribution in [1.29, 1.82) is 0 Å². The Morgan fingerprint density at radius 2 is 1.76 bits per heavy atom. The minimum absolute atomic E-state index is 0.0289. The fourth-order valence-corrected chi connectivity index (χ4v) is 2.97. The second-order valence-corrected chi connectivity index (χ2v) is 5.08. The average molecular weight is 239 g/mol. The monoisotopic (exact) mass is 239 g/mol. The van der Waals surface area contributed by atoms with Gasteiger partial charge < -0.3 is 16.0 Å². The van der Waals surface area contributed by atoms with Crippen LogP contribution in [0.25, 0.3) is 0 Å². The lowest BCUT2D eigenvalue weighted by Crippen LogP contribution is -2.41. The van der Waals surface area contributed by atoms with Gasteiger partial charge in [-0.1, -0.05) is 12.8 Å². The Kier molecular flexibility index (Phi) is 3.99. The lowest BCUT2D eigenvalue weighted by atomic mass is 9.82. The molecular formula is C12H21N3O2. The first-order valence-corrected chi connectivity index (χ1v) is 6.45. The molecule has 2 amide bonds. The van der Waals surface area contributed by atoms with Crippen LogP contribution in [0.4, 0.5) is 0 Å². The third kappa shape index (κ3) is 2.97. The molecule has 0 radical (unpaired) electrons. The number of nitrogens with two attached hydrogens (primary N) is 1. The lowest BCUT2D eigenvalue weighted by molar-refractivity contribution is -0.131. The van der Waals surface area contributed by atoms with E-state index in [1.807, 2.05) is 4.90 Å². The van der Waals surface area contributed by atoms with Gasteiger partial charge in [0, 0.05) is 13.1 Å². The van der Waals surface area contributed by atoms with Crippen molar-refractivity contribution in [2.75, 3.05) is 26.2 Å². The van der Waals surface area contributed by atoms with Crippen LogP contribution in [0.5, 0.6) is 0 Å². The number of carbonyl (C=O) groups is 2. The lowest BCUT2D eigenvalue weighted by Gasteiger charge is -2.22. The van der Waals surface area contributed by atoms with Gasteiger partial charge in [-0.2, -0.15) is 0 Å². The molecule has 2 fully saturated rings. The van der Waals surface area contributed by atoms with Gasteiger partial charge in [0.05, 0.1) is 13.1 Å². The topological polar surface area (TPSA) is 75.4 Å². The quantitative estimate of drug-likeness (QED) is 0.710.